The molecular formula is C9H5O4. The van der Waals surface area contributed by atoms with Crippen LogP contribution in [0.15, 0.2) is 24.3 Å². The molecule has 0 bridgehead atoms. The van der Waals surface area contributed by atoms with Gasteiger partial charge in [0.25, 0.3) is 0 Å². The second-order valence-corrected chi connectivity index (χ2v) is 2.69. The molecule has 4 heteroatoms. The molecule has 0 aromatic heterocycles. The van der Waals surface area contributed by atoms with E-state index in [1.54, 1.807) is 18.2 Å². The van der Waals surface area contributed by atoms with E-state index in [4.69, 9.17) is 0 Å². The number of hydrogen-bond acceptors (Lipinski definition) is 3. The average molecular weight is 177 g/mol. The first-order chi connectivity index (χ1) is 6.20. The van der Waals surface area contributed by atoms with Crippen molar-refractivity contribution < 1.29 is 19.4 Å². The van der Waals surface area contributed by atoms with Gasteiger partial charge in [0.15, 0.2) is 0 Å². The summed E-state index contributed by atoms with van der Waals surface area (Å²) in [4.78, 5) is 21.6. The number of rotatable bonds is 1. The molecule has 0 aliphatic carbocycles. The zero-order valence-corrected chi connectivity index (χ0v) is 6.52. The maximum absolute atomic E-state index is 11.1. The van der Waals surface area contributed by atoms with Crippen LogP contribution in [-0.2, 0) is 14.6 Å². The van der Waals surface area contributed by atoms with Gasteiger partial charge in [-0.25, -0.2) is 14.7 Å². The largest absolute Gasteiger partial charge is 0.442 e. The molecule has 1 aromatic carbocycles. The molecule has 4 nitrogen and oxygen atoms in total. The molecule has 0 N–H and O–H groups in total. The molecule has 0 fully saturated rings. The highest BCUT2D eigenvalue weighted by atomic mass is 16.6. The summed E-state index contributed by atoms with van der Waals surface area (Å²) in [5.74, 6) is -2.00. The van der Waals surface area contributed by atoms with Crippen molar-refractivity contribution in [2.75, 3.05) is 0 Å². The van der Waals surface area contributed by atoms with Crippen LogP contribution < -0.4 is 0 Å². The molecule has 1 atom stereocenters. The van der Waals surface area contributed by atoms with E-state index in [1.807, 2.05) is 0 Å². The number of esters is 1. The lowest BCUT2D eigenvalue weighted by Crippen LogP contribution is -2.09. The second kappa shape index (κ2) is 2.58. The lowest BCUT2D eigenvalue weighted by Gasteiger charge is -2.00. The first-order valence-electron chi connectivity index (χ1n) is 3.71. The van der Waals surface area contributed by atoms with E-state index in [0.29, 0.717) is 11.1 Å². The summed E-state index contributed by atoms with van der Waals surface area (Å²) in [5.41, 5.74) is 0.671. The number of fused-ring (bicyclic) bond motifs is 1. The summed E-state index contributed by atoms with van der Waals surface area (Å²) < 4.78 is 4.59. The third kappa shape index (κ3) is 1.07. The minimum absolute atomic E-state index is 0.303. The quantitative estimate of drug-likeness (QED) is 0.597. The molecule has 1 unspecified atom stereocenters. The van der Waals surface area contributed by atoms with Crippen LogP contribution >= 0.6 is 0 Å². The first kappa shape index (κ1) is 7.79. The predicted molar refractivity (Wildman–Crippen MR) is 40.3 cm³/mol. The fourth-order valence-electron chi connectivity index (χ4n) is 1.32. The number of cyclic esters (lactones) is 1. The van der Waals surface area contributed by atoms with Gasteiger partial charge in [0.05, 0.1) is 5.56 Å². The van der Waals surface area contributed by atoms with Gasteiger partial charge in [0, 0.05) is 5.56 Å². The van der Waals surface area contributed by atoms with Gasteiger partial charge in [-0.15, -0.1) is 0 Å². The SMILES string of the molecule is [O]C(=O)C1OC(=O)c2ccccc21. The van der Waals surface area contributed by atoms with Crippen LogP contribution in [0.3, 0.4) is 0 Å². The molecular weight excluding hydrogens is 172 g/mol. The van der Waals surface area contributed by atoms with Gasteiger partial charge in [-0.3, -0.25) is 0 Å². The summed E-state index contributed by atoms with van der Waals surface area (Å²) >= 11 is 0. The van der Waals surface area contributed by atoms with Gasteiger partial charge < -0.3 is 4.74 Å². The Bertz CT molecular complexity index is 383. The number of ether oxygens (including phenoxy) is 1. The molecule has 1 aliphatic heterocycles. The summed E-state index contributed by atoms with van der Waals surface area (Å²) in [7, 11) is 0. The summed E-state index contributed by atoms with van der Waals surface area (Å²) in [6.45, 7) is 0. The number of hydrogen-bond donors (Lipinski definition) is 0. The maximum atomic E-state index is 11.1. The van der Waals surface area contributed by atoms with Crippen LogP contribution in [0.1, 0.15) is 22.0 Å². The topological polar surface area (TPSA) is 63.3 Å². The molecule has 13 heavy (non-hydrogen) atoms. The van der Waals surface area contributed by atoms with E-state index in [1.165, 1.54) is 6.07 Å². The first-order valence-corrected chi connectivity index (χ1v) is 3.71. The van der Waals surface area contributed by atoms with Crippen molar-refractivity contribution in [3.63, 3.8) is 0 Å². The standard InChI is InChI=1S/C9H5O4/c10-8(11)7-5-3-1-2-4-6(5)9(12)13-7/h1-4,7H. The van der Waals surface area contributed by atoms with Crippen molar-refractivity contribution in [1.82, 2.24) is 0 Å². The number of benzene rings is 1. The van der Waals surface area contributed by atoms with E-state index >= 15 is 0 Å². The van der Waals surface area contributed by atoms with Crippen LogP contribution in [0.2, 0.25) is 0 Å². The second-order valence-electron chi connectivity index (χ2n) is 2.69. The van der Waals surface area contributed by atoms with E-state index in [-0.39, 0.29) is 0 Å². The van der Waals surface area contributed by atoms with E-state index in [9.17, 15) is 14.7 Å². The lowest BCUT2D eigenvalue weighted by molar-refractivity contribution is -0.153. The molecule has 0 spiro atoms. The molecule has 1 aromatic rings. The van der Waals surface area contributed by atoms with Gasteiger partial charge in [-0.1, -0.05) is 18.2 Å². The highest BCUT2D eigenvalue weighted by Gasteiger charge is 2.36. The smallest absolute Gasteiger partial charge is 0.400 e. The van der Waals surface area contributed by atoms with Gasteiger partial charge >= 0.3 is 11.9 Å². The van der Waals surface area contributed by atoms with Gasteiger partial charge in [0.2, 0.25) is 6.10 Å². The van der Waals surface area contributed by atoms with Crippen molar-refractivity contribution in [2.24, 2.45) is 0 Å². The van der Waals surface area contributed by atoms with Crippen LogP contribution in [0.25, 0.3) is 0 Å². The van der Waals surface area contributed by atoms with Gasteiger partial charge in [-0.05, 0) is 6.07 Å². The zero-order valence-electron chi connectivity index (χ0n) is 6.52. The third-order valence-electron chi connectivity index (χ3n) is 1.90. The van der Waals surface area contributed by atoms with Crippen LogP contribution in [0, 0.1) is 0 Å². The predicted octanol–water partition coefficient (Wildman–Crippen LogP) is 0.855. The number of carbonyl (C=O) groups is 2. The fourth-order valence-corrected chi connectivity index (χ4v) is 1.32. The molecule has 1 aliphatic rings. The summed E-state index contributed by atoms with van der Waals surface area (Å²) in [6.07, 6.45) is -1.25. The number of carbonyl (C=O) groups excluding carboxylic acids is 2. The Hall–Kier alpha value is -1.84. The monoisotopic (exact) mass is 177 g/mol. The van der Waals surface area contributed by atoms with Gasteiger partial charge in [0.1, 0.15) is 0 Å². The molecule has 1 heterocycles. The minimum atomic E-state index is -1.39. The molecule has 2 rings (SSSR count). The van der Waals surface area contributed by atoms with Crippen molar-refractivity contribution in [2.45, 2.75) is 6.10 Å². The molecule has 1 radical (unpaired) electrons. The average Bonchev–Trinajstić information content (AvgIpc) is 2.45. The Morgan fingerprint density at radius 1 is 1.31 bits per heavy atom. The third-order valence-corrected chi connectivity index (χ3v) is 1.90. The van der Waals surface area contributed by atoms with E-state index in [2.05, 4.69) is 4.74 Å². The normalized spacial score (nSPS) is 19.4. The molecule has 0 saturated heterocycles. The highest BCUT2D eigenvalue weighted by molar-refractivity contribution is 5.98. The van der Waals surface area contributed by atoms with Crippen LogP contribution in [-0.4, -0.2) is 11.9 Å². The van der Waals surface area contributed by atoms with E-state index < -0.39 is 18.0 Å². The van der Waals surface area contributed by atoms with E-state index in [0.717, 1.165) is 0 Å². The zero-order chi connectivity index (χ0) is 9.42. The van der Waals surface area contributed by atoms with Crippen molar-refractivity contribution in [3.05, 3.63) is 35.4 Å². The Balaban J connectivity index is 2.53. The maximum Gasteiger partial charge on any atom is 0.400 e. The Labute approximate surface area is 73.8 Å². The minimum Gasteiger partial charge on any atom is -0.442 e. The molecule has 65 valence electrons. The molecule has 0 amide bonds. The van der Waals surface area contributed by atoms with Crippen LogP contribution in [0.4, 0.5) is 0 Å². The summed E-state index contributed by atoms with van der Waals surface area (Å²) in [5, 5.41) is 10.5. The summed E-state index contributed by atoms with van der Waals surface area (Å²) in [6, 6.07) is 6.37. The lowest BCUT2D eigenvalue weighted by atomic mass is 10.1. The Morgan fingerprint density at radius 2 is 2.00 bits per heavy atom. The molecule has 0 saturated carbocycles. The Kier molecular flexibility index (Phi) is 1.55. The van der Waals surface area contributed by atoms with Crippen molar-refractivity contribution >= 4 is 11.9 Å². The van der Waals surface area contributed by atoms with Crippen molar-refractivity contribution in [3.8, 4) is 0 Å². The fraction of sp³-hybridized carbons (Fsp3) is 0.111. The highest BCUT2D eigenvalue weighted by Crippen LogP contribution is 2.30. The van der Waals surface area contributed by atoms with Crippen LogP contribution in [0.5, 0.6) is 0 Å². The van der Waals surface area contributed by atoms with Gasteiger partial charge in [-0.2, -0.15) is 0 Å². The van der Waals surface area contributed by atoms with Crippen molar-refractivity contribution in [1.29, 1.82) is 0 Å². The Morgan fingerprint density at radius 3 is 2.69 bits per heavy atom.